The van der Waals surface area contributed by atoms with E-state index in [2.05, 4.69) is 4.98 Å². The minimum atomic E-state index is -0.637. The molecular formula is C15H16N2O4. The number of hydrogen-bond donors (Lipinski definition) is 1. The fraction of sp³-hybridized carbons (Fsp3) is 0.267. The third kappa shape index (κ3) is 3.35. The Labute approximate surface area is 122 Å². The molecule has 2 rings (SSSR count). The quantitative estimate of drug-likeness (QED) is 0.688. The monoisotopic (exact) mass is 288 g/mol. The lowest BCUT2D eigenvalue weighted by Crippen LogP contribution is -1.97. The highest BCUT2D eigenvalue weighted by molar-refractivity contribution is 5.50. The summed E-state index contributed by atoms with van der Waals surface area (Å²) >= 11 is 0. The molecule has 6 heteroatoms. The zero-order valence-electron chi connectivity index (χ0n) is 12.0. The number of aliphatic hydroxyl groups excluding tert-OH is 1. The Bertz CT molecular complexity index is 666. The van der Waals surface area contributed by atoms with Crippen LogP contribution in [0.5, 0.6) is 11.5 Å². The van der Waals surface area contributed by atoms with Gasteiger partial charge in [0.2, 0.25) is 0 Å². The van der Waals surface area contributed by atoms with Crippen molar-refractivity contribution in [3.63, 3.8) is 0 Å². The second-order valence-corrected chi connectivity index (χ2v) is 4.86. The summed E-state index contributed by atoms with van der Waals surface area (Å²) in [5.41, 5.74) is 1.84. The molecule has 110 valence electrons. The lowest BCUT2D eigenvalue weighted by molar-refractivity contribution is -0.385. The van der Waals surface area contributed by atoms with Crippen molar-refractivity contribution in [1.82, 2.24) is 4.98 Å². The maximum Gasteiger partial charge on any atom is 0.272 e. The highest BCUT2D eigenvalue weighted by atomic mass is 16.6. The largest absolute Gasteiger partial charge is 0.455 e. The summed E-state index contributed by atoms with van der Waals surface area (Å²) in [6.07, 6.45) is 0.875. The van der Waals surface area contributed by atoms with Crippen LogP contribution in [0.15, 0.2) is 30.5 Å². The van der Waals surface area contributed by atoms with Crippen molar-refractivity contribution in [2.45, 2.75) is 26.9 Å². The number of aromatic nitrogens is 1. The number of aliphatic hydroxyl groups is 1. The van der Waals surface area contributed by atoms with E-state index in [4.69, 9.17) is 4.74 Å². The van der Waals surface area contributed by atoms with Gasteiger partial charge in [-0.25, -0.2) is 0 Å². The van der Waals surface area contributed by atoms with Gasteiger partial charge in [-0.05, 0) is 44.5 Å². The summed E-state index contributed by atoms with van der Waals surface area (Å²) in [4.78, 5) is 14.6. The lowest BCUT2D eigenvalue weighted by atomic mass is 10.1. The Morgan fingerprint density at radius 1 is 1.29 bits per heavy atom. The molecular weight excluding hydrogens is 272 g/mol. The molecule has 0 bridgehead atoms. The summed E-state index contributed by atoms with van der Waals surface area (Å²) in [5.74, 6) is 1.06. The summed E-state index contributed by atoms with van der Waals surface area (Å²) < 4.78 is 5.69. The molecule has 0 amide bonds. The van der Waals surface area contributed by atoms with Crippen LogP contribution < -0.4 is 4.74 Å². The minimum absolute atomic E-state index is 0.0717. The highest BCUT2D eigenvalue weighted by Crippen LogP contribution is 2.31. The van der Waals surface area contributed by atoms with Crippen molar-refractivity contribution in [1.29, 1.82) is 0 Å². The van der Waals surface area contributed by atoms with Crippen LogP contribution in [-0.4, -0.2) is 15.0 Å². The first kappa shape index (κ1) is 14.9. The third-order valence-electron chi connectivity index (χ3n) is 3.11. The van der Waals surface area contributed by atoms with Gasteiger partial charge < -0.3 is 9.84 Å². The molecule has 0 aliphatic carbocycles. The van der Waals surface area contributed by atoms with Gasteiger partial charge in [0.1, 0.15) is 11.5 Å². The zero-order chi connectivity index (χ0) is 15.6. The molecule has 1 atom stereocenters. The zero-order valence-corrected chi connectivity index (χ0v) is 12.0. The molecule has 0 saturated heterocycles. The minimum Gasteiger partial charge on any atom is -0.455 e. The molecule has 0 aliphatic rings. The number of nitro benzene ring substituents is 1. The smallest absolute Gasteiger partial charge is 0.272 e. The van der Waals surface area contributed by atoms with Gasteiger partial charge in [-0.1, -0.05) is 0 Å². The van der Waals surface area contributed by atoms with E-state index in [1.807, 2.05) is 0 Å². The van der Waals surface area contributed by atoms with E-state index in [1.165, 1.54) is 12.3 Å². The van der Waals surface area contributed by atoms with Gasteiger partial charge in [0.05, 0.1) is 22.9 Å². The van der Waals surface area contributed by atoms with Gasteiger partial charge in [-0.3, -0.25) is 15.1 Å². The standard InChI is InChI=1S/C15H16N2O4/c1-9-7-15(10(2)6-14(9)17(19)20)21-12-4-5-13(11(3)18)16-8-12/h4-8,11,18H,1-3H3. The Balaban J connectivity index is 2.27. The Kier molecular flexibility index (Phi) is 4.18. The van der Waals surface area contributed by atoms with E-state index in [0.29, 0.717) is 28.3 Å². The van der Waals surface area contributed by atoms with E-state index < -0.39 is 11.0 Å². The lowest BCUT2D eigenvalue weighted by Gasteiger charge is -2.10. The molecule has 0 aliphatic heterocycles. The van der Waals surface area contributed by atoms with Gasteiger partial charge in [0.25, 0.3) is 5.69 Å². The predicted molar refractivity (Wildman–Crippen MR) is 77.5 cm³/mol. The fourth-order valence-corrected chi connectivity index (χ4v) is 1.91. The maximum absolute atomic E-state index is 10.9. The van der Waals surface area contributed by atoms with E-state index in [0.717, 1.165) is 0 Å². The molecule has 2 aromatic rings. The molecule has 0 fully saturated rings. The Morgan fingerprint density at radius 2 is 2.00 bits per heavy atom. The number of nitro groups is 1. The summed E-state index contributed by atoms with van der Waals surface area (Å²) in [7, 11) is 0. The normalized spacial score (nSPS) is 12.0. The van der Waals surface area contributed by atoms with E-state index in [-0.39, 0.29) is 5.69 Å². The molecule has 1 aromatic heterocycles. The van der Waals surface area contributed by atoms with Gasteiger partial charge in [0, 0.05) is 11.6 Å². The molecule has 0 radical (unpaired) electrons. The number of benzene rings is 1. The van der Waals surface area contributed by atoms with E-state index in [1.54, 1.807) is 39.0 Å². The number of nitrogens with zero attached hydrogens (tertiary/aromatic N) is 2. The molecule has 6 nitrogen and oxygen atoms in total. The Hall–Kier alpha value is -2.47. The third-order valence-corrected chi connectivity index (χ3v) is 3.11. The molecule has 0 saturated carbocycles. The van der Waals surface area contributed by atoms with Crippen LogP contribution >= 0.6 is 0 Å². The van der Waals surface area contributed by atoms with Gasteiger partial charge in [0.15, 0.2) is 0 Å². The van der Waals surface area contributed by atoms with Crippen LogP contribution in [0.3, 0.4) is 0 Å². The van der Waals surface area contributed by atoms with Crippen LogP contribution in [0.25, 0.3) is 0 Å². The first-order valence-electron chi connectivity index (χ1n) is 6.46. The van der Waals surface area contributed by atoms with Crippen LogP contribution in [0.2, 0.25) is 0 Å². The number of rotatable bonds is 4. The van der Waals surface area contributed by atoms with Gasteiger partial charge in [-0.2, -0.15) is 0 Å². The molecule has 1 unspecified atom stereocenters. The second kappa shape index (κ2) is 5.88. The van der Waals surface area contributed by atoms with Crippen LogP contribution in [0.4, 0.5) is 5.69 Å². The fourth-order valence-electron chi connectivity index (χ4n) is 1.91. The first-order valence-corrected chi connectivity index (χ1v) is 6.46. The Morgan fingerprint density at radius 3 is 2.52 bits per heavy atom. The number of hydrogen-bond acceptors (Lipinski definition) is 5. The van der Waals surface area contributed by atoms with Crippen molar-refractivity contribution in [2.24, 2.45) is 0 Å². The van der Waals surface area contributed by atoms with Crippen molar-refractivity contribution in [3.05, 3.63) is 57.4 Å². The second-order valence-electron chi connectivity index (χ2n) is 4.86. The maximum atomic E-state index is 10.9. The topological polar surface area (TPSA) is 85.5 Å². The van der Waals surface area contributed by atoms with E-state index in [9.17, 15) is 15.2 Å². The average Bonchev–Trinajstić information content (AvgIpc) is 2.42. The van der Waals surface area contributed by atoms with Crippen molar-refractivity contribution < 1.29 is 14.8 Å². The molecule has 1 heterocycles. The summed E-state index contributed by atoms with van der Waals surface area (Å²) in [5, 5.41) is 20.3. The molecule has 1 aromatic carbocycles. The predicted octanol–water partition coefficient (Wildman–Crippen LogP) is 3.45. The SMILES string of the molecule is Cc1cc([N+](=O)[O-])c(C)cc1Oc1ccc(C(C)O)nc1. The number of aryl methyl sites for hydroxylation is 2. The van der Waals surface area contributed by atoms with Gasteiger partial charge in [-0.15, -0.1) is 0 Å². The highest BCUT2D eigenvalue weighted by Gasteiger charge is 2.14. The summed E-state index contributed by atoms with van der Waals surface area (Å²) in [6, 6.07) is 6.50. The van der Waals surface area contributed by atoms with Crippen molar-refractivity contribution in [3.8, 4) is 11.5 Å². The van der Waals surface area contributed by atoms with Crippen LogP contribution in [-0.2, 0) is 0 Å². The number of pyridine rings is 1. The molecule has 21 heavy (non-hydrogen) atoms. The molecule has 0 spiro atoms. The van der Waals surface area contributed by atoms with Crippen LogP contribution in [0, 0.1) is 24.0 Å². The van der Waals surface area contributed by atoms with Gasteiger partial charge >= 0.3 is 0 Å². The number of ether oxygens (including phenoxy) is 1. The van der Waals surface area contributed by atoms with Crippen molar-refractivity contribution >= 4 is 5.69 Å². The molecule has 1 N–H and O–H groups in total. The average molecular weight is 288 g/mol. The summed E-state index contributed by atoms with van der Waals surface area (Å²) in [6.45, 7) is 5.05. The van der Waals surface area contributed by atoms with Crippen LogP contribution in [0.1, 0.15) is 29.8 Å². The van der Waals surface area contributed by atoms with E-state index >= 15 is 0 Å². The van der Waals surface area contributed by atoms with Crippen molar-refractivity contribution in [2.75, 3.05) is 0 Å². The first-order chi connectivity index (χ1) is 9.88.